The van der Waals surface area contributed by atoms with Crippen LogP contribution in [0, 0.1) is 22.4 Å². The third-order valence-electron chi connectivity index (χ3n) is 3.43. The van der Waals surface area contributed by atoms with Crippen LogP contribution in [0.5, 0.6) is 0 Å². The lowest BCUT2D eigenvalue weighted by atomic mass is 10.0. The van der Waals surface area contributed by atoms with E-state index in [1.54, 1.807) is 4.68 Å². The molecule has 0 aliphatic heterocycles. The lowest BCUT2D eigenvalue weighted by Gasteiger charge is -2.16. The summed E-state index contributed by atoms with van der Waals surface area (Å²) in [6.45, 7) is 0. The molecule has 1 aromatic heterocycles. The molecule has 5 heteroatoms. The zero-order chi connectivity index (χ0) is 15.5. The van der Waals surface area contributed by atoms with Crippen LogP contribution in [0.3, 0.4) is 0 Å². The predicted molar refractivity (Wildman–Crippen MR) is 85.6 cm³/mol. The third-order valence-corrected chi connectivity index (χ3v) is 3.71. The zero-order valence-electron chi connectivity index (χ0n) is 11.4. The molecule has 2 nitrogen and oxygen atoms in total. The van der Waals surface area contributed by atoms with Crippen LogP contribution in [0.2, 0.25) is 0 Å². The number of benzene rings is 2. The monoisotopic (exact) mass is 360 g/mol. The first-order chi connectivity index (χ1) is 10.7. The highest BCUT2D eigenvalue weighted by Crippen LogP contribution is 2.26. The average molecular weight is 361 g/mol. The van der Waals surface area contributed by atoms with E-state index < -0.39 is 17.7 Å². The number of hydrogen-bond acceptors (Lipinski definition) is 1. The van der Waals surface area contributed by atoms with Gasteiger partial charge in [-0.2, -0.15) is 5.10 Å². The van der Waals surface area contributed by atoms with Crippen molar-refractivity contribution in [2.45, 2.75) is 12.5 Å². The van der Waals surface area contributed by atoms with E-state index in [1.807, 2.05) is 30.5 Å². The smallest absolute Gasteiger partial charge is 0.128 e. The van der Waals surface area contributed by atoms with E-state index in [2.05, 4.69) is 31.8 Å². The number of hydrogen-bond donors (Lipinski definition) is 0. The fourth-order valence-electron chi connectivity index (χ4n) is 2.39. The molecule has 0 amide bonds. The molecule has 1 heterocycles. The molecule has 22 heavy (non-hydrogen) atoms. The molecule has 0 aliphatic carbocycles. The first kappa shape index (κ1) is 14.7. The molecule has 0 radical (unpaired) electrons. The van der Waals surface area contributed by atoms with E-state index >= 15 is 0 Å². The maximum Gasteiger partial charge on any atom is 0.128 e. The third kappa shape index (κ3) is 2.88. The van der Waals surface area contributed by atoms with Gasteiger partial charge in [0.05, 0.1) is 11.6 Å². The van der Waals surface area contributed by atoms with Crippen molar-refractivity contribution in [3.63, 3.8) is 0 Å². The number of halogens is 3. The van der Waals surface area contributed by atoms with Crippen LogP contribution in [0.1, 0.15) is 18.0 Å². The van der Waals surface area contributed by atoms with Crippen molar-refractivity contribution in [2.75, 3.05) is 0 Å². The second kappa shape index (κ2) is 6.29. The summed E-state index contributed by atoms with van der Waals surface area (Å²) in [6, 6.07) is 10.5. The van der Waals surface area contributed by atoms with Crippen LogP contribution in [0.25, 0.3) is 10.9 Å². The van der Waals surface area contributed by atoms with Gasteiger partial charge in [0, 0.05) is 39.5 Å². The summed E-state index contributed by atoms with van der Waals surface area (Å²) in [4.78, 5) is 2.61. The fourth-order valence-corrected chi connectivity index (χ4v) is 2.56. The van der Waals surface area contributed by atoms with Crippen molar-refractivity contribution >= 4 is 26.8 Å². The molecule has 3 aromatic rings. The average Bonchev–Trinajstić information content (AvgIpc) is 2.94. The van der Waals surface area contributed by atoms with E-state index in [-0.39, 0.29) is 5.56 Å². The number of rotatable bonds is 3. The Labute approximate surface area is 134 Å². The Balaban J connectivity index is 2.12. The number of aromatic nitrogens is 2. The molecule has 110 valence electrons. The summed E-state index contributed by atoms with van der Waals surface area (Å²) in [7, 11) is 0. The highest BCUT2D eigenvalue weighted by Gasteiger charge is 2.19. The van der Waals surface area contributed by atoms with Crippen LogP contribution in [0.15, 0.2) is 48.7 Å². The highest BCUT2D eigenvalue weighted by atomic mass is 79.9. The fraction of sp³-hybridized carbons (Fsp3) is 0.118. The molecule has 0 saturated carbocycles. The van der Waals surface area contributed by atoms with E-state index in [1.165, 1.54) is 6.07 Å². The predicted octanol–water partition coefficient (Wildman–Crippen LogP) is 4.65. The minimum atomic E-state index is -0.492. The zero-order valence-corrected chi connectivity index (χ0v) is 13.0. The summed E-state index contributed by atoms with van der Waals surface area (Å²) in [5.41, 5.74) is 1.04. The van der Waals surface area contributed by atoms with Crippen LogP contribution < -0.4 is 0 Å². The van der Waals surface area contributed by atoms with E-state index in [0.717, 1.165) is 23.0 Å². The van der Waals surface area contributed by atoms with Crippen molar-refractivity contribution in [1.82, 2.24) is 9.78 Å². The molecular weight excluding hydrogens is 350 g/mol. The molecule has 0 bridgehead atoms. The first-order valence-electron chi connectivity index (χ1n) is 6.66. The quantitative estimate of drug-likeness (QED) is 0.621. The van der Waals surface area contributed by atoms with Gasteiger partial charge in [-0.3, -0.25) is 4.68 Å². The molecule has 0 N–H and O–H groups in total. The number of nitrogens with zero attached hydrogens (tertiary/aromatic N) is 2. The van der Waals surface area contributed by atoms with Gasteiger partial charge in [0.1, 0.15) is 11.6 Å². The molecular formula is C17H11BrF2N2. The lowest BCUT2D eigenvalue weighted by Crippen LogP contribution is -2.13. The molecule has 0 spiro atoms. The van der Waals surface area contributed by atoms with Crippen LogP contribution >= 0.6 is 15.9 Å². The minimum absolute atomic E-state index is 0.239. The van der Waals surface area contributed by atoms with Gasteiger partial charge in [-0.1, -0.05) is 24.1 Å². The Morgan fingerprint density at radius 2 is 2.00 bits per heavy atom. The molecule has 1 atom stereocenters. The van der Waals surface area contributed by atoms with E-state index in [9.17, 15) is 8.78 Å². The van der Waals surface area contributed by atoms with Crippen LogP contribution in [-0.2, 0) is 0 Å². The van der Waals surface area contributed by atoms with Gasteiger partial charge < -0.3 is 0 Å². The Morgan fingerprint density at radius 3 is 2.77 bits per heavy atom. The standard InChI is InChI=1S/C17H11BrF2N2/c18-9-3-6-17(14-10-13(19)7-8-15(14)20)22-11-12-4-1-2-5-16(12)21-22/h1-2,4-5,7-8,10-11,17H,6H2. The molecule has 1 unspecified atom stereocenters. The maximum absolute atomic E-state index is 14.1. The van der Waals surface area contributed by atoms with Crippen molar-refractivity contribution in [3.8, 4) is 10.8 Å². The van der Waals surface area contributed by atoms with Crippen molar-refractivity contribution < 1.29 is 8.78 Å². The van der Waals surface area contributed by atoms with Gasteiger partial charge in [-0.05, 0) is 29.1 Å². The summed E-state index contributed by atoms with van der Waals surface area (Å²) >= 11 is 3.03. The Kier molecular flexibility index (Phi) is 4.21. The molecule has 0 saturated heterocycles. The Bertz CT molecular complexity index is 844. The second-order valence-electron chi connectivity index (χ2n) is 4.82. The van der Waals surface area contributed by atoms with Crippen LogP contribution in [-0.4, -0.2) is 9.78 Å². The summed E-state index contributed by atoms with van der Waals surface area (Å²) in [6.07, 6.45) is 2.14. The first-order valence-corrected chi connectivity index (χ1v) is 7.45. The normalized spacial score (nSPS) is 12.0. The maximum atomic E-state index is 14.1. The van der Waals surface area contributed by atoms with Crippen LogP contribution in [0.4, 0.5) is 8.78 Å². The van der Waals surface area contributed by atoms with Gasteiger partial charge in [0.15, 0.2) is 0 Å². The highest BCUT2D eigenvalue weighted by molar-refractivity contribution is 9.12. The lowest BCUT2D eigenvalue weighted by molar-refractivity contribution is 0.495. The molecule has 0 aliphatic rings. The van der Waals surface area contributed by atoms with E-state index in [0.29, 0.717) is 6.42 Å². The molecule has 0 fully saturated rings. The Hall–Kier alpha value is -2.19. The molecule has 3 rings (SSSR count). The molecule has 2 aromatic carbocycles. The summed E-state index contributed by atoms with van der Waals surface area (Å²) in [5, 5.41) is 5.40. The van der Waals surface area contributed by atoms with Gasteiger partial charge >= 0.3 is 0 Å². The summed E-state index contributed by atoms with van der Waals surface area (Å²) < 4.78 is 29.3. The van der Waals surface area contributed by atoms with E-state index in [4.69, 9.17) is 0 Å². The SMILES string of the molecule is Fc1ccc(F)c(C(CC#CBr)n2cc3ccccc3n2)c1. The number of fused-ring (bicyclic) bond motifs is 1. The van der Waals surface area contributed by atoms with Gasteiger partial charge in [-0.15, -0.1) is 0 Å². The topological polar surface area (TPSA) is 17.8 Å². The van der Waals surface area contributed by atoms with Crippen molar-refractivity contribution in [3.05, 3.63) is 65.9 Å². The van der Waals surface area contributed by atoms with Gasteiger partial charge in [-0.25, -0.2) is 8.78 Å². The summed E-state index contributed by atoms with van der Waals surface area (Å²) in [5.74, 6) is 1.90. The Morgan fingerprint density at radius 1 is 1.18 bits per heavy atom. The van der Waals surface area contributed by atoms with Gasteiger partial charge in [0.2, 0.25) is 0 Å². The van der Waals surface area contributed by atoms with Crippen molar-refractivity contribution in [2.24, 2.45) is 0 Å². The largest absolute Gasteiger partial charge is 0.263 e. The minimum Gasteiger partial charge on any atom is -0.263 e. The second-order valence-corrected chi connectivity index (χ2v) is 5.22. The van der Waals surface area contributed by atoms with Gasteiger partial charge in [0.25, 0.3) is 0 Å². The van der Waals surface area contributed by atoms with Crippen molar-refractivity contribution in [1.29, 1.82) is 0 Å².